The van der Waals surface area contributed by atoms with Gasteiger partial charge in [-0.25, -0.2) is 8.78 Å². The largest absolute Gasteiger partial charge is 0.325 e. The highest BCUT2D eigenvalue weighted by Gasteiger charge is 2.35. The lowest BCUT2D eigenvalue weighted by atomic mass is 10.1. The number of nitrogens with one attached hydrogen (secondary N) is 1. The van der Waals surface area contributed by atoms with E-state index in [1.54, 1.807) is 12.1 Å². The van der Waals surface area contributed by atoms with E-state index >= 15 is 0 Å². The second-order valence-corrected chi connectivity index (χ2v) is 5.97. The fourth-order valence-corrected chi connectivity index (χ4v) is 2.48. The predicted octanol–water partition coefficient (Wildman–Crippen LogP) is 2.96. The Labute approximate surface area is 124 Å². The third kappa shape index (κ3) is 4.68. The van der Waals surface area contributed by atoms with Crippen molar-refractivity contribution in [1.29, 1.82) is 0 Å². The molecule has 0 aromatic heterocycles. The maximum Gasteiger partial charge on any atom is 0.260 e. The number of carbonyl (C=O) groups excluding carboxylic acids is 1. The van der Waals surface area contributed by atoms with E-state index in [-0.39, 0.29) is 25.4 Å². The van der Waals surface area contributed by atoms with E-state index in [0.29, 0.717) is 18.7 Å². The molecule has 1 aliphatic rings. The van der Waals surface area contributed by atoms with Gasteiger partial charge in [0.25, 0.3) is 5.92 Å². The van der Waals surface area contributed by atoms with Gasteiger partial charge in [0.1, 0.15) is 0 Å². The van der Waals surface area contributed by atoms with E-state index in [0.717, 1.165) is 3.57 Å². The van der Waals surface area contributed by atoms with Crippen molar-refractivity contribution in [2.24, 2.45) is 0 Å². The van der Waals surface area contributed by atoms with Crippen LogP contribution in [0.25, 0.3) is 0 Å². The molecule has 0 aliphatic carbocycles. The number of halogens is 3. The average Bonchev–Trinajstić information content (AvgIpc) is 2.30. The zero-order valence-electron chi connectivity index (χ0n) is 10.3. The molecule has 1 N–H and O–H groups in total. The van der Waals surface area contributed by atoms with Crippen LogP contribution < -0.4 is 5.32 Å². The molecule has 0 bridgehead atoms. The van der Waals surface area contributed by atoms with Crippen LogP contribution in [0.1, 0.15) is 12.8 Å². The summed E-state index contributed by atoms with van der Waals surface area (Å²) in [4.78, 5) is 13.3. The highest BCUT2D eigenvalue weighted by atomic mass is 127. The molecule has 19 heavy (non-hydrogen) atoms. The first-order chi connectivity index (χ1) is 8.94. The number of hydrogen-bond acceptors (Lipinski definition) is 2. The Morgan fingerprint density at radius 1 is 1.37 bits per heavy atom. The van der Waals surface area contributed by atoms with Crippen molar-refractivity contribution in [3.63, 3.8) is 0 Å². The number of alkyl halides is 2. The summed E-state index contributed by atoms with van der Waals surface area (Å²) in [7, 11) is 0. The zero-order valence-corrected chi connectivity index (χ0v) is 12.5. The van der Waals surface area contributed by atoms with Crippen molar-refractivity contribution in [2.45, 2.75) is 18.8 Å². The Hall–Kier alpha value is -0.760. The fraction of sp³-hybridized carbons (Fsp3) is 0.462. The van der Waals surface area contributed by atoms with Gasteiger partial charge in [0.15, 0.2) is 0 Å². The Kier molecular flexibility index (Phi) is 4.72. The van der Waals surface area contributed by atoms with Crippen LogP contribution in [0.3, 0.4) is 0 Å². The van der Waals surface area contributed by atoms with Gasteiger partial charge >= 0.3 is 0 Å². The van der Waals surface area contributed by atoms with Crippen LogP contribution in [0.15, 0.2) is 24.3 Å². The summed E-state index contributed by atoms with van der Waals surface area (Å²) in [6.45, 7) is 0.240. The minimum absolute atomic E-state index is 0.0155. The second-order valence-electron chi connectivity index (χ2n) is 4.73. The van der Waals surface area contributed by atoms with Crippen molar-refractivity contribution < 1.29 is 13.6 Å². The first-order valence-electron chi connectivity index (χ1n) is 6.10. The molecule has 0 radical (unpaired) electrons. The Balaban J connectivity index is 1.85. The van der Waals surface area contributed by atoms with E-state index in [4.69, 9.17) is 0 Å². The summed E-state index contributed by atoms with van der Waals surface area (Å²) in [6.07, 6.45) is 0.353. The zero-order chi connectivity index (χ0) is 13.9. The molecule has 1 heterocycles. The number of piperidine rings is 1. The van der Waals surface area contributed by atoms with Crippen LogP contribution in [-0.4, -0.2) is 36.4 Å². The monoisotopic (exact) mass is 380 g/mol. The lowest BCUT2D eigenvalue weighted by Gasteiger charge is -2.31. The first kappa shape index (κ1) is 14.6. The lowest BCUT2D eigenvalue weighted by Crippen LogP contribution is -2.45. The van der Waals surface area contributed by atoms with Crippen LogP contribution >= 0.6 is 22.6 Å². The minimum atomic E-state index is -2.67. The van der Waals surface area contributed by atoms with Crippen LogP contribution in [0.5, 0.6) is 0 Å². The molecule has 6 heteroatoms. The van der Waals surface area contributed by atoms with Gasteiger partial charge in [0, 0.05) is 15.7 Å². The number of benzene rings is 1. The first-order valence-corrected chi connectivity index (χ1v) is 7.18. The standard InChI is InChI=1S/C13H15F2IN2O/c14-13(15)6-1-7-18(9-13)8-12(19)17-11-4-2-10(16)3-5-11/h2-5H,1,6-9H2,(H,17,19). The number of likely N-dealkylation sites (tertiary alicyclic amines) is 1. The third-order valence-corrected chi connectivity index (χ3v) is 3.69. The van der Waals surface area contributed by atoms with E-state index in [1.165, 1.54) is 4.90 Å². The summed E-state index contributed by atoms with van der Waals surface area (Å²) >= 11 is 2.17. The van der Waals surface area contributed by atoms with Crippen molar-refractivity contribution in [2.75, 3.05) is 25.0 Å². The Morgan fingerprint density at radius 3 is 2.68 bits per heavy atom. The summed E-state index contributed by atoms with van der Waals surface area (Å²) in [5.74, 6) is -2.92. The molecule has 1 aliphatic heterocycles. The van der Waals surface area contributed by atoms with Gasteiger partial charge in [-0.3, -0.25) is 9.69 Å². The van der Waals surface area contributed by atoms with Crippen molar-refractivity contribution >= 4 is 34.2 Å². The molecular weight excluding hydrogens is 365 g/mol. The molecule has 104 valence electrons. The Morgan fingerprint density at radius 2 is 2.05 bits per heavy atom. The van der Waals surface area contributed by atoms with E-state index in [2.05, 4.69) is 27.9 Å². The lowest BCUT2D eigenvalue weighted by molar-refractivity contribution is -0.120. The summed E-state index contributed by atoms with van der Waals surface area (Å²) in [6, 6.07) is 7.35. The average molecular weight is 380 g/mol. The van der Waals surface area contributed by atoms with Crippen molar-refractivity contribution in [3.8, 4) is 0 Å². The molecule has 0 saturated carbocycles. The number of amides is 1. The molecule has 1 aromatic carbocycles. The Bertz CT molecular complexity index is 450. The molecule has 3 nitrogen and oxygen atoms in total. The van der Waals surface area contributed by atoms with Gasteiger partial charge in [0.05, 0.1) is 13.1 Å². The maximum atomic E-state index is 13.2. The third-order valence-electron chi connectivity index (χ3n) is 2.97. The SMILES string of the molecule is O=C(CN1CCCC(F)(F)C1)Nc1ccc(I)cc1. The normalized spacial score (nSPS) is 19.1. The number of nitrogens with zero attached hydrogens (tertiary/aromatic N) is 1. The van der Waals surface area contributed by atoms with Crippen LogP contribution in [0.4, 0.5) is 14.5 Å². The topological polar surface area (TPSA) is 32.3 Å². The molecule has 0 atom stereocenters. The van der Waals surface area contributed by atoms with E-state index < -0.39 is 5.92 Å². The molecule has 0 unspecified atom stereocenters. The number of anilines is 1. The highest BCUT2D eigenvalue weighted by Crippen LogP contribution is 2.26. The van der Waals surface area contributed by atoms with Crippen LogP contribution in [0, 0.1) is 3.57 Å². The van der Waals surface area contributed by atoms with Gasteiger partial charge in [-0.2, -0.15) is 0 Å². The number of rotatable bonds is 3. The van der Waals surface area contributed by atoms with Gasteiger partial charge in [-0.1, -0.05) is 0 Å². The van der Waals surface area contributed by atoms with Gasteiger partial charge in [0.2, 0.25) is 5.91 Å². The second kappa shape index (κ2) is 6.13. The molecular formula is C13H15F2IN2O. The minimum Gasteiger partial charge on any atom is -0.325 e. The fourth-order valence-electron chi connectivity index (χ4n) is 2.12. The summed E-state index contributed by atoms with van der Waals surface area (Å²) in [5, 5.41) is 2.71. The van der Waals surface area contributed by atoms with Gasteiger partial charge in [-0.05, 0) is 59.8 Å². The molecule has 1 fully saturated rings. The predicted molar refractivity (Wildman–Crippen MR) is 78.4 cm³/mol. The van der Waals surface area contributed by atoms with Gasteiger partial charge in [-0.15, -0.1) is 0 Å². The number of hydrogen-bond donors (Lipinski definition) is 1. The molecule has 1 amide bonds. The summed E-state index contributed by atoms with van der Waals surface area (Å²) in [5.41, 5.74) is 0.689. The van der Waals surface area contributed by atoms with Crippen molar-refractivity contribution in [1.82, 2.24) is 4.90 Å². The van der Waals surface area contributed by atoms with Gasteiger partial charge < -0.3 is 5.32 Å². The molecule has 1 saturated heterocycles. The maximum absolute atomic E-state index is 13.2. The quantitative estimate of drug-likeness (QED) is 0.818. The van der Waals surface area contributed by atoms with E-state index in [9.17, 15) is 13.6 Å². The summed E-state index contributed by atoms with van der Waals surface area (Å²) < 4.78 is 27.5. The molecule has 2 rings (SSSR count). The molecule has 1 aromatic rings. The number of carbonyl (C=O) groups is 1. The van der Waals surface area contributed by atoms with E-state index in [1.807, 2.05) is 12.1 Å². The van der Waals surface area contributed by atoms with Crippen molar-refractivity contribution in [3.05, 3.63) is 27.8 Å². The van der Waals surface area contributed by atoms with Crippen LogP contribution in [-0.2, 0) is 4.79 Å². The smallest absolute Gasteiger partial charge is 0.260 e. The molecule has 0 spiro atoms. The van der Waals surface area contributed by atoms with Crippen LogP contribution in [0.2, 0.25) is 0 Å². The highest BCUT2D eigenvalue weighted by molar-refractivity contribution is 14.1.